The second-order valence-corrected chi connectivity index (χ2v) is 3.96. The van der Waals surface area contributed by atoms with Gasteiger partial charge in [0, 0.05) is 18.8 Å². The van der Waals surface area contributed by atoms with Crippen LogP contribution in [0.3, 0.4) is 0 Å². The van der Waals surface area contributed by atoms with Gasteiger partial charge in [0.15, 0.2) is 0 Å². The molecule has 1 aliphatic rings. The van der Waals surface area contributed by atoms with Gasteiger partial charge in [-0.1, -0.05) is 18.2 Å². The lowest BCUT2D eigenvalue weighted by atomic mass is 10.1. The van der Waals surface area contributed by atoms with Gasteiger partial charge in [0.2, 0.25) is 0 Å². The molecule has 64 valence electrons. The first-order valence-corrected chi connectivity index (χ1v) is 5.60. The lowest BCUT2D eigenvalue weighted by Crippen LogP contribution is -2.00. The van der Waals surface area contributed by atoms with Crippen molar-refractivity contribution in [2.45, 2.75) is 18.8 Å². The molecule has 1 aliphatic heterocycles. The van der Waals surface area contributed by atoms with E-state index in [2.05, 4.69) is 29.8 Å². The van der Waals surface area contributed by atoms with Crippen LogP contribution in [-0.2, 0) is 18.8 Å². The van der Waals surface area contributed by atoms with E-state index in [9.17, 15) is 0 Å². The van der Waals surface area contributed by atoms with E-state index in [4.69, 9.17) is 0 Å². The van der Waals surface area contributed by atoms with Crippen molar-refractivity contribution in [1.82, 2.24) is 5.32 Å². The molecule has 1 nitrogen and oxygen atoms in total. The molecule has 0 saturated carbocycles. The molecular formula is C10H13NS. The Morgan fingerprint density at radius 3 is 3.17 bits per heavy atom. The molecule has 0 atom stereocenters. The monoisotopic (exact) mass is 179 g/mol. The predicted octanol–water partition coefficient (Wildman–Crippen LogP) is 2.15. The van der Waals surface area contributed by atoms with Crippen LogP contribution in [0, 0.1) is 0 Å². The van der Waals surface area contributed by atoms with E-state index in [1.54, 1.807) is 0 Å². The quantitative estimate of drug-likeness (QED) is 0.746. The summed E-state index contributed by atoms with van der Waals surface area (Å²) in [5, 5.41) is 3.38. The second kappa shape index (κ2) is 3.50. The third kappa shape index (κ3) is 1.37. The van der Waals surface area contributed by atoms with Crippen LogP contribution in [0.5, 0.6) is 0 Å². The first kappa shape index (κ1) is 8.14. The summed E-state index contributed by atoms with van der Waals surface area (Å²) in [6.07, 6.45) is 2.15. The molecule has 0 fully saturated rings. The number of hydrogen-bond donors (Lipinski definition) is 1. The van der Waals surface area contributed by atoms with Crippen LogP contribution >= 0.6 is 11.8 Å². The largest absolute Gasteiger partial charge is 0.309 e. The number of nitrogens with one attached hydrogen (secondary N) is 1. The van der Waals surface area contributed by atoms with Crippen molar-refractivity contribution in [2.75, 3.05) is 6.26 Å². The van der Waals surface area contributed by atoms with E-state index in [-0.39, 0.29) is 0 Å². The van der Waals surface area contributed by atoms with Gasteiger partial charge >= 0.3 is 0 Å². The Bertz CT molecular complexity index is 283. The Kier molecular flexibility index (Phi) is 2.38. The maximum absolute atomic E-state index is 3.38. The molecule has 2 heteroatoms. The molecule has 1 N–H and O–H groups in total. The van der Waals surface area contributed by atoms with Crippen molar-refractivity contribution < 1.29 is 0 Å². The molecule has 0 spiro atoms. The molecule has 0 amide bonds. The molecule has 0 aliphatic carbocycles. The highest BCUT2D eigenvalue weighted by molar-refractivity contribution is 7.97. The Morgan fingerprint density at radius 2 is 2.33 bits per heavy atom. The second-order valence-electron chi connectivity index (χ2n) is 3.09. The van der Waals surface area contributed by atoms with Crippen LogP contribution in [0.15, 0.2) is 18.2 Å². The minimum atomic E-state index is 1.05. The van der Waals surface area contributed by atoms with Gasteiger partial charge in [-0.05, 0) is 22.9 Å². The van der Waals surface area contributed by atoms with E-state index < -0.39 is 0 Å². The van der Waals surface area contributed by atoms with E-state index >= 15 is 0 Å². The average Bonchev–Trinajstić information content (AvgIpc) is 2.53. The SMILES string of the molecule is CSCc1cccc2c1CNC2. The molecule has 1 heterocycles. The predicted molar refractivity (Wildman–Crippen MR) is 54.2 cm³/mol. The summed E-state index contributed by atoms with van der Waals surface area (Å²) in [6.45, 7) is 2.11. The lowest BCUT2D eigenvalue weighted by molar-refractivity contribution is 0.763. The minimum Gasteiger partial charge on any atom is -0.309 e. The molecule has 0 aromatic heterocycles. The number of benzene rings is 1. The van der Waals surface area contributed by atoms with E-state index in [1.807, 2.05) is 11.8 Å². The zero-order valence-corrected chi connectivity index (χ0v) is 8.08. The van der Waals surface area contributed by atoms with Gasteiger partial charge in [0.25, 0.3) is 0 Å². The molecule has 0 radical (unpaired) electrons. The first-order valence-electron chi connectivity index (χ1n) is 4.21. The normalized spacial score (nSPS) is 14.8. The Morgan fingerprint density at radius 1 is 1.42 bits per heavy atom. The van der Waals surface area contributed by atoms with Gasteiger partial charge in [0.1, 0.15) is 0 Å². The van der Waals surface area contributed by atoms with Gasteiger partial charge in [0.05, 0.1) is 0 Å². The fourth-order valence-corrected chi connectivity index (χ4v) is 2.27. The summed E-state index contributed by atoms with van der Waals surface area (Å²) in [5.74, 6) is 1.14. The van der Waals surface area contributed by atoms with Crippen LogP contribution in [0.2, 0.25) is 0 Å². The van der Waals surface area contributed by atoms with Gasteiger partial charge in [-0.3, -0.25) is 0 Å². The van der Waals surface area contributed by atoms with Crippen molar-refractivity contribution in [2.24, 2.45) is 0 Å². The first-order chi connectivity index (χ1) is 5.92. The molecule has 2 rings (SSSR count). The third-order valence-corrected chi connectivity index (χ3v) is 2.89. The number of hydrogen-bond acceptors (Lipinski definition) is 2. The Hall–Kier alpha value is -0.470. The van der Waals surface area contributed by atoms with Crippen LogP contribution in [0.1, 0.15) is 16.7 Å². The maximum Gasteiger partial charge on any atom is 0.0214 e. The Balaban J connectivity index is 2.36. The van der Waals surface area contributed by atoms with E-state index in [0.29, 0.717) is 0 Å². The van der Waals surface area contributed by atoms with Gasteiger partial charge in [-0.25, -0.2) is 0 Å². The molecule has 0 saturated heterocycles. The smallest absolute Gasteiger partial charge is 0.0214 e. The summed E-state index contributed by atoms with van der Waals surface area (Å²) in [4.78, 5) is 0. The fraction of sp³-hybridized carbons (Fsp3) is 0.400. The van der Waals surface area contributed by atoms with Crippen molar-refractivity contribution >= 4 is 11.8 Å². The zero-order valence-electron chi connectivity index (χ0n) is 7.26. The van der Waals surface area contributed by atoms with Crippen LogP contribution in [0.4, 0.5) is 0 Å². The summed E-state index contributed by atoms with van der Waals surface area (Å²) < 4.78 is 0. The molecule has 1 aromatic carbocycles. The standard InChI is InChI=1S/C10H13NS/c1-12-7-9-4-2-3-8-5-11-6-10(8)9/h2-4,11H,5-7H2,1H3. The number of thioether (sulfide) groups is 1. The van der Waals surface area contributed by atoms with E-state index in [0.717, 1.165) is 18.8 Å². The minimum absolute atomic E-state index is 1.05. The summed E-state index contributed by atoms with van der Waals surface area (Å²) in [6, 6.07) is 6.62. The van der Waals surface area contributed by atoms with Gasteiger partial charge in [-0.15, -0.1) is 0 Å². The van der Waals surface area contributed by atoms with Crippen LogP contribution < -0.4 is 5.32 Å². The summed E-state index contributed by atoms with van der Waals surface area (Å²) in [7, 11) is 0. The molecule has 0 bridgehead atoms. The van der Waals surface area contributed by atoms with Gasteiger partial charge in [-0.2, -0.15) is 11.8 Å². The van der Waals surface area contributed by atoms with E-state index in [1.165, 1.54) is 16.7 Å². The van der Waals surface area contributed by atoms with Crippen LogP contribution in [0.25, 0.3) is 0 Å². The molecule has 1 aromatic rings. The average molecular weight is 179 g/mol. The van der Waals surface area contributed by atoms with Crippen molar-refractivity contribution in [3.63, 3.8) is 0 Å². The van der Waals surface area contributed by atoms with Crippen molar-refractivity contribution in [1.29, 1.82) is 0 Å². The molecular weight excluding hydrogens is 166 g/mol. The topological polar surface area (TPSA) is 12.0 Å². The van der Waals surface area contributed by atoms with Crippen molar-refractivity contribution in [3.8, 4) is 0 Å². The molecule has 12 heavy (non-hydrogen) atoms. The number of fused-ring (bicyclic) bond motifs is 1. The highest BCUT2D eigenvalue weighted by Gasteiger charge is 2.12. The lowest BCUT2D eigenvalue weighted by Gasteiger charge is -2.04. The fourth-order valence-electron chi connectivity index (χ4n) is 1.69. The maximum atomic E-state index is 3.38. The third-order valence-electron chi connectivity index (χ3n) is 2.29. The van der Waals surface area contributed by atoms with Crippen molar-refractivity contribution in [3.05, 3.63) is 34.9 Å². The Labute approximate surface area is 77.6 Å². The number of rotatable bonds is 2. The highest BCUT2D eigenvalue weighted by Crippen LogP contribution is 2.22. The van der Waals surface area contributed by atoms with Gasteiger partial charge < -0.3 is 5.32 Å². The summed E-state index contributed by atoms with van der Waals surface area (Å²) in [5.41, 5.74) is 4.53. The molecule has 0 unspecified atom stereocenters. The highest BCUT2D eigenvalue weighted by atomic mass is 32.2. The van der Waals surface area contributed by atoms with Crippen LogP contribution in [-0.4, -0.2) is 6.26 Å². The zero-order chi connectivity index (χ0) is 8.39. The summed E-state index contributed by atoms with van der Waals surface area (Å²) >= 11 is 1.89.